The Hall–Kier alpha value is -0.680. The number of allylic oxidation sites excluding steroid dienone is 1. The zero-order valence-corrected chi connectivity index (χ0v) is 16.7. The van der Waals surface area contributed by atoms with Crippen LogP contribution in [0.25, 0.3) is 0 Å². The smallest absolute Gasteiger partial charge is 0.0916 e. The summed E-state index contributed by atoms with van der Waals surface area (Å²) in [4.78, 5) is 0. The average Bonchev–Trinajstić information content (AvgIpc) is 2.67. The Morgan fingerprint density at radius 2 is 2.12 bits per heavy atom. The van der Waals surface area contributed by atoms with Gasteiger partial charge in [0.1, 0.15) is 0 Å². The molecule has 3 N–H and O–H groups in total. The van der Waals surface area contributed by atoms with E-state index in [4.69, 9.17) is 9.84 Å². The lowest BCUT2D eigenvalue weighted by Gasteiger charge is -2.34. The molecule has 1 aliphatic heterocycles. The van der Waals surface area contributed by atoms with Gasteiger partial charge in [0.05, 0.1) is 30.5 Å². The van der Waals surface area contributed by atoms with E-state index >= 15 is 0 Å². The summed E-state index contributed by atoms with van der Waals surface area (Å²) >= 11 is 0. The minimum atomic E-state index is -0.710. The van der Waals surface area contributed by atoms with Crippen LogP contribution >= 0.6 is 0 Å². The summed E-state index contributed by atoms with van der Waals surface area (Å²) in [5, 5.41) is 30.2. The second kappa shape index (κ2) is 9.86. The van der Waals surface area contributed by atoms with Crippen LogP contribution in [0.2, 0.25) is 0 Å². The molecule has 0 aromatic carbocycles. The minimum absolute atomic E-state index is 0.0176. The van der Waals surface area contributed by atoms with Crippen molar-refractivity contribution in [1.29, 1.82) is 0 Å². The van der Waals surface area contributed by atoms with Crippen molar-refractivity contribution in [1.82, 2.24) is 0 Å². The van der Waals surface area contributed by atoms with E-state index in [0.717, 1.165) is 31.3 Å². The number of aliphatic hydroxyl groups excluding tert-OH is 2. The Morgan fingerprint density at radius 1 is 1.44 bits per heavy atom. The number of ether oxygens (including phenoxy) is 1. The van der Waals surface area contributed by atoms with Gasteiger partial charge in [-0.2, -0.15) is 0 Å². The molecular weight excluding hydrogens is 316 g/mol. The van der Waals surface area contributed by atoms with E-state index in [2.05, 4.69) is 13.0 Å². The van der Waals surface area contributed by atoms with Gasteiger partial charge in [0.2, 0.25) is 0 Å². The lowest BCUT2D eigenvalue weighted by Crippen LogP contribution is -2.41. The van der Waals surface area contributed by atoms with Gasteiger partial charge in [0.15, 0.2) is 0 Å². The van der Waals surface area contributed by atoms with Crippen LogP contribution in [-0.4, -0.2) is 45.8 Å². The molecule has 0 spiro atoms. The van der Waals surface area contributed by atoms with Gasteiger partial charge in [-0.25, -0.2) is 0 Å². The van der Waals surface area contributed by atoms with Crippen molar-refractivity contribution in [3.63, 3.8) is 0 Å². The van der Waals surface area contributed by atoms with Gasteiger partial charge in [-0.15, -0.1) is 0 Å². The normalized spacial score (nSPS) is 29.8. The fourth-order valence-electron chi connectivity index (χ4n) is 3.26. The van der Waals surface area contributed by atoms with Gasteiger partial charge < -0.3 is 20.1 Å². The van der Waals surface area contributed by atoms with Gasteiger partial charge >= 0.3 is 0 Å². The second-order valence-corrected chi connectivity index (χ2v) is 8.34. The lowest BCUT2D eigenvalue weighted by atomic mass is 9.81. The number of hydrogen-bond acceptors (Lipinski definition) is 4. The summed E-state index contributed by atoms with van der Waals surface area (Å²) in [5.41, 5.74) is 1.01. The van der Waals surface area contributed by atoms with Crippen LogP contribution in [0.5, 0.6) is 0 Å². The summed E-state index contributed by atoms with van der Waals surface area (Å²) in [7, 11) is 0. The first-order chi connectivity index (χ1) is 11.6. The van der Waals surface area contributed by atoms with E-state index in [0.29, 0.717) is 19.4 Å². The molecule has 4 heteroatoms. The Kier molecular flexibility index (Phi) is 8.82. The standard InChI is InChI=1S/C21H38O4/c1-16(2)10-13-20(4,24)17(3)7-6-12-21(5)19(23)9-8-18(11-14-22)15-25-21/h10-11,17,19,22-24H,6-9,12-15H2,1-5H3/t17?,19-,20?,21+/m1/s1. The van der Waals surface area contributed by atoms with Crippen LogP contribution in [0.3, 0.4) is 0 Å². The molecule has 1 saturated heterocycles. The van der Waals surface area contributed by atoms with Gasteiger partial charge in [0.25, 0.3) is 0 Å². The molecule has 25 heavy (non-hydrogen) atoms. The van der Waals surface area contributed by atoms with Gasteiger partial charge in [-0.1, -0.05) is 31.1 Å². The van der Waals surface area contributed by atoms with E-state index in [-0.39, 0.29) is 12.5 Å². The Labute approximate surface area is 153 Å². The predicted molar refractivity (Wildman–Crippen MR) is 102 cm³/mol. The quantitative estimate of drug-likeness (QED) is 0.581. The Bertz CT molecular complexity index is 463. The molecule has 0 radical (unpaired) electrons. The van der Waals surface area contributed by atoms with E-state index in [1.165, 1.54) is 5.57 Å². The highest BCUT2D eigenvalue weighted by molar-refractivity contribution is 5.06. The molecule has 1 rings (SSSR count). The average molecular weight is 355 g/mol. The summed E-state index contributed by atoms with van der Waals surface area (Å²) in [6, 6.07) is 0. The SMILES string of the molecule is CC(C)=CCC(C)(O)C(C)CCC[C@]1(C)OCC(=CCO)CC[C@H]1O. The molecule has 0 bridgehead atoms. The maximum Gasteiger partial charge on any atom is 0.0916 e. The van der Waals surface area contributed by atoms with Crippen molar-refractivity contribution in [3.05, 3.63) is 23.3 Å². The van der Waals surface area contributed by atoms with Crippen LogP contribution in [-0.2, 0) is 4.74 Å². The zero-order valence-electron chi connectivity index (χ0n) is 16.7. The van der Waals surface area contributed by atoms with E-state index in [1.807, 2.05) is 27.7 Å². The molecular formula is C21H38O4. The summed E-state index contributed by atoms with van der Waals surface area (Å²) < 4.78 is 6.01. The van der Waals surface area contributed by atoms with Crippen molar-refractivity contribution in [2.24, 2.45) is 5.92 Å². The van der Waals surface area contributed by atoms with Crippen molar-refractivity contribution in [2.75, 3.05) is 13.2 Å². The molecule has 0 amide bonds. The van der Waals surface area contributed by atoms with Crippen molar-refractivity contribution in [2.45, 2.75) is 90.4 Å². The van der Waals surface area contributed by atoms with Crippen LogP contribution < -0.4 is 0 Å². The molecule has 0 saturated carbocycles. The van der Waals surface area contributed by atoms with Gasteiger partial charge in [0, 0.05) is 0 Å². The summed E-state index contributed by atoms with van der Waals surface area (Å²) in [6.45, 7) is 10.6. The van der Waals surface area contributed by atoms with Crippen molar-refractivity contribution < 1.29 is 20.1 Å². The lowest BCUT2D eigenvalue weighted by molar-refractivity contribution is -0.106. The third-order valence-electron chi connectivity index (χ3n) is 5.71. The Morgan fingerprint density at radius 3 is 2.72 bits per heavy atom. The molecule has 0 aromatic rings. The molecule has 4 atom stereocenters. The minimum Gasteiger partial charge on any atom is -0.392 e. The maximum absolute atomic E-state index is 10.7. The first-order valence-electron chi connectivity index (χ1n) is 9.57. The highest BCUT2D eigenvalue weighted by Crippen LogP contribution is 2.33. The first-order valence-corrected chi connectivity index (χ1v) is 9.57. The molecule has 1 fully saturated rings. The molecule has 4 nitrogen and oxygen atoms in total. The van der Waals surface area contributed by atoms with E-state index in [1.54, 1.807) is 6.08 Å². The van der Waals surface area contributed by atoms with Crippen LogP contribution in [0.15, 0.2) is 23.3 Å². The molecule has 0 aromatic heterocycles. The summed E-state index contributed by atoms with van der Waals surface area (Å²) in [6.07, 6.45) is 8.03. The summed E-state index contributed by atoms with van der Waals surface area (Å²) in [5.74, 6) is 0.180. The van der Waals surface area contributed by atoms with Gasteiger partial charge in [-0.05, 0) is 71.3 Å². The maximum atomic E-state index is 10.7. The van der Waals surface area contributed by atoms with Crippen LogP contribution in [0.4, 0.5) is 0 Å². The first kappa shape index (κ1) is 22.4. The third kappa shape index (κ3) is 7.22. The highest BCUT2D eigenvalue weighted by Gasteiger charge is 2.36. The van der Waals surface area contributed by atoms with Crippen molar-refractivity contribution in [3.8, 4) is 0 Å². The van der Waals surface area contributed by atoms with Gasteiger partial charge in [-0.3, -0.25) is 0 Å². The van der Waals surface area contributed by atoms with Crippen molar-refractivity contribution >= 4 is 0 Å². The van der Waals surface area contributed by atoms with E-state index in [9.17, 15) is 10.2 Å². The second-order valence-electron chi connectivity index (χ2n) is 8.34. The monoisotopic (exact) mass is 354 g/mol. The highest BCUT2D eigenvalue weighted by atomic mass is 16.5. The molecule has 1 heterocycles. The predicted octanol–water partition coefficient (Wildman–Crippen LogP) is 3.75. The molecule has 1 aliphatic rings. The van der Waals surface area contributed by atoms with Crippen LogP contribution in [0.1, 0.15) is 73.1 Å². The Balaban J connectivity index is 2.55. The molecule has 146 valence electrons. The van der Waals surface area contributed by atoms with E-state index < -0.39 is 17.3 Å². The fraction of sp³-hybridized carbons (Fsp3) is 0.810. The topological polar surface area (TPSA) is 69.9 Å². The largest absolute Gasteiger partial charge is 0.392 e. The molecule has 0 aliphatic carbocycles. The number of aliphatic hydroxyl groups is 3. The fourth-order valence-corrected chi connectivity index (χ4v) is 3.26. The number of hydrogen-bond donors (Lipinski definition) is 3. The third-order valence-corrected chi connectivity index (χ3v) is 5.71. The van der Waals surface area contributed by atoms with Crippen LogP contribution in [0, 0.1) is 5.92 Å². The molecule has 2 unspecified atom stereocenters. The number of rotatable bonds is 8. The zero-order chi connectivity index (χ0) is 19.1.